The molecule has 0 saturated carbocycles. The summed E-state index contributed by atoms with van der Waals surface area (Å²) in [5.74, 6) is 1.67. The van der Waals surface area contributed by atoms with Crippen LogP contribution < -0.4 is 20.5 Å². The maximum absolute atomic E-state index is 5.79. The molecule has 88 valence electrons. The summed E-state index contributed by atoms with van der Waals surface area (Å²) in [5.41, 5.74) is 5.42. The predicted octanol–water partition coefficient (Wildman–Crippen LogP) is 0.765. The number of nitrogens with one attached hydrogen (secondary N) is 1. The van der Waals surface area contributed by atoms with Gasteiger partial charge in [0, 0.05) is 6.54 Å². The molecular formula is C12H18N2O2. The molecule has 1 aromatic rings. The zero-order chi connectivity index (χ0) is 11.2. The lowest BCUT2D eigenvalue weighted by atomic mass is 10.2. The molecule has 0 fully saturated rings. The Morgan fingerprint density at radius 2 is 2.12 bits per heavy atom. The number of hydrogen-bond donors (Lipinski definition) is 2. The molecule has 0 amide bonds. The van der Waals surface area contributed by atoms with Crippen LogP contribution in [0, 0.1) is 0 Å². The number of nitrogens with two attached hydrogens (primary N) is 1. The normalized spacial score (nSPS) is 18.4. The maximum Gasteiger partial charge on any atom is 0.161 e. The van der Waals surface area contributed by atoms with E-state index in [0.29, 0.717) is 6.61 Å². The van der Waals surface area contributed by atoms with E-state index in [4.69, 9.17) is 15.2 Å². The molecule has 1 aromatic carbocycles. The molecule has 4 heteroatoms. The lowest BCUT2D eigenvalue weighted by molar-refractivity contribution is 0.0905. The molecule has 2 rings (SSSR count). The summed E-state index contributed by atoms with van der Waals surface area (Å²) in [4.78, 5) is 0. The Hall–Kier alpha value is -1.26. The Bertz CT molecular complexity index is 331. The second kappa shape index (κ2) is 5.72. The first kappa shape index (κ1) is 11.2. The average Bonchev–Trinajstić information content (AvgIpc) is 2.34. The van der Waals surface area contributed by atoms with Gasteiger partial charge in [-0.3, -0.25) is 0 Å². The zero-order valence-electron chi connectivity index (χ0n) is 9.32. The van der Waals surface area contributed by atoms with Gasteiger partial charge in [0.05, 0.1) is 0 Å². The lowest BCUT2D eigenvalue weighted by Gasteiger charge is -2.26. The number of rotatable bonds is 5. The van der Waals surface area contributed by atoms with E-state index < -0.39 is 0 Å². The molecule has 1 aliphatic heterocycles. The van der Waals surface area contributed by atoms with Crippen molar-refractivity contribution in [2.24, 2.45) is 5.73 Å². The molecule has 3 N–H and O–H groups in total. The molecule has 16 heavy (non-hydrogen) atoms. The van der Waals surface area contributed by atoms with Crippen LogP contribution in [0.25, 0.3) is 0 Å². The highest BCUT2D eigenvalue weighted by molar-refractivity contribution is 5.40. The minimum atomic E-state index is 0.0904. The van der Waals surface area contributed by atoms with E-state index in [1.54, 1.807) is 0 Å². The van der Waals surface area contributed by atoms with Gasteiger partial charge in [0.2, 0.25) is 0 Å². The summed E-state index contributed by atoms with van der Waals surface area (Å²) in [6.07, 6.45) is 1.08. The SMILES string of the molecule is NCCCNC[C@@H]1COc2ccccc2O1. The van der Waals surface area contributed by atoms with Gasteiger partial charge in [-0.1, -0.05) is 12.1 Å². The van der Waals surface area contributed by atoms with E-state index in [1.165, 1.54) is 0 Å². The van der Waals surface area contributed by atoms with E-state index in [1.807, 2.05) is 24.3 Å². The van der Waals surface area contributed by atoms with Gasteiger partial charge >= 0.3 is 0 Å². The fourth-order valence-corrected chi connectivity index (χ4v) is 1.65. The topological polar surface area (TPSA) is 56.5 Å². The van der Waals surface area contributed by atoms with Gasteiger partial charge < -0.3 is 20.5 Å². The van der Waals surface area contributed by atoms with Crippen molar-refractivity contribution in [1.82, 2.24) is 5.32 Å². The monoisotopic (exact) mass is 222 g/mol. The van der Waals surface area contributed by atoms with Crippen molar-refractivity contribution in [2.45, 2.75) is 12.5 Å². The Morgan fingerprint density at radius 1 is 1.31 bits per heavy atom. The third kappa shape index (κ3) is 2.87. The standard InChI is InChI=1S/C12H18N2O2/c13-6-3-7-14-8-10-9-15-11-4-1-2-5-12(11)16-10/h1-2,4-5,10,14H,3,6-9,13H2/t10-/m1/s1. The fourth-order valence-electron chi connectivity index (χ4n) is 1.65. The molecule has 1 atom stereocenters. The second-order valence-electron chi connectivity index (χ2n) is 3.84. The van der Waals surface area contributed by atoms with Crippen LogP contribution in [0.15, 0.2) is 24.3 Å². The molecule has 1 aliphatic rings. The van der Waals surface area contributed by atoms with Crippen molar-refractivity contribution < 1.29 is 9.47 Å². The third-order valence-electron chi connectivity index (χ3n) is 2.50. The minimum absolute atomic E-state index is 0.0904. The van der Waals surface area contributed by atoms with Crippen molar-refractivity contribution >= 4 is 0 Å². The van der Waals surface area contributed by atoms with Crippen LogP contribution >= 0.6 is 0 Å². The van der Waals surface area contributed by atoms with Crippen LogP contribution in [0.2, 0.25) is 0 Å². The number of fused-ring (bicyclic) bond motifs is 1. The van der Waals surface area contributed by atoms with Crippen LogP contribution in [0.4, 0.5) is 0 Å². The van der Waals surface area contributed by atoms with Gasteiger partial charge in [0.25, 0.3) is 0 Å². The average molecular weight is 222 g/mol. The maximum atomic E-state index is 5.79. The lowest BCUT2D eigenvalue weighted by Crippen LogP contribution is -2.39. The summed E-state index contributed by atoms with van der Waals surface area (Å²) in [6.45, 7) is 3.05. The first-order valence-electron chi connectivity index (χ1n) is 5.69. The fraction of sp³-hybridized carbons (Fsp3) is 0.500. The highest BCUT2D eigenvalue weighted by Gasteiger charge is 2.19. The molecule has 0 unspecified atom stereocenters. The summed E-state index contributed by atoms with van der Waals surface area (Å²) < 4.78 is 11.4. The molecule has 0 saturated heterocycles. The number of ether oxygens (including phenoxy) is 2. The van der Waals surface area contributed by atoms with Crippen LogP contribution in [0.3, 0.4) is 0 Å². The van der Waals surface area contributed by atoms with Gasteiger partial charge in [0.15, 0.2) is 11.5 Å². The number of benzene rings is 1. The van der Waals surface area contributed by atoms with Crippen molar-refractivity contribution in [2.75, 3.05) is 26.2 Å². The summed E-state index contributed by atoms with van der Waals surface area (Å²) in [5, 5.41) is 3.30. The van der Waals surface area contributed by atoms with Crippen LogP contribution in [-0.4, -0.2) is 32.3 Å². The van der Waals surface area contributed by atoms with Gasteiger partial charge in [-0.15, -0.1) is 0 Å². The predicted molar refractivity (Wildman–Crippen MR) is 62.9 cm³/mol. The second-order valence-corrected chi connectivity index (χ2v) is 3.84. The van der Waals surface area contributed by atoms with E-state index in [9.17, 15) is 0 Å². The largest absolute Gasteiger partial charge is 0.486 e. The van der Waals surface area contributed by atoms with E-state index in [-0.39, 0.29) is 6.10 Å². The van der Waals surface area contributed by atoms with E-state index in [2.05, 4.69) is 5.32 Å². The van der Waals surface area contributed by atoms with Crippen LogP contribution in [0.1, 0.15) is 6.42 Å². The summed E-state index contributed by atoms with van der Waals surface area (Å²) in [6, 6.07) is 7.75. The molecular weight excluding hydrogens is 204 g/mol. The van der Waals surface area contributed by atoms with Crippen molar-refractivity contribution in [3.05, 3.63) is 24.3 Å². The molecule has 0 bridgehead atoms. The van der Waals surface area contributed by atoms with E-state index >= 15 is 0 Å². The third-order valence-corrected chi connectivity index (χ3v) is 2.50. The molecule has 0 spiro atoms. The van der Waals surface area contributed by atoms with Crippen molar-refractivity contribution in [1.29, 1.82) is 0 Å². The van der Waals surface area contributed by atoms with Gasteiger partial charge in [-0.05, 0) is 31.6 Å². The number of hydrogen-bond acceptors (Lipinski definition) is 4. The van der Waals surface area contributed by atoms with Crippen LogP contribution in [-0.2, 0) is 0 Å². The van der Waals surface area contributed by atoms with E-state index in [0.717, 1.165) is 37.6 Å². The van der Waals surface area contributed by atoms with Crippen molar-refractivity contribution in [3.63, 3.8) is 0 Å². The zero-order valence-corrected chi connectivity index (χ0v) is 9.32. The Balaban J connectivity index is 1.79. The molecule has 1 heterocycles. The Kier molecular flexibility index (Phi) is 4.02. The first-order valence-corrected chi connectivity index (χ1v) is 5.69. The van der Waals surface area contributed by atoms with Gasteiger partial charge in [-0.25, -0.2) is 0 Å². The molecule has 0 aromatic heterocycles. The highest BCUT2D eigenvalue weighted by Crippen LogP contribution is 2.30. The Labute approximate surface area is 95.7 Å². The van der Waals surface area contributed by atoms with Gasteiger partial charge in [-0.2, -0.15) is 0 Å². The molecule has 0 aliphatic carbocycles. The number of para-hydroxylation sites is 2. The summed E-state index contributed by atoms with van der Waals surface area (Å²) >= 11 is 0. The Morgan fingerprint density at radius 3 is 2.94 bits per heavy atom. The first-order chi connectivity index (χ1) is 7.90. The highest BCUT2D eigenvalue weighted by atomic mass is 16.6. The van der Waals surface area contributed by atoms with Crippen molar-refractivity contribution in [3.8, 4) is 11.5 Å². The summed E-state index contributed by atoms with van der Waals surface area (Å²) in [7, 11) is 0. The quantitative estimate of drug-likeness (QED) is 0.722. The van der Waals surface area contributed by atoms with Crippen LogP contribution in [0.5, 0.6) is 11.5 Å². The van der Waals surface area contributed by atoms with Gasteiger partial charge in [0.1, 0.15) is 12.7 Å². The molecule has 0 radical (unpaired) electrons. The smallest absolute Gasteiger partial charge is 0.161 e. The molecule has 4 nitrogen and oxygen atoms in total. The minimum Gasteiger partial charge on any atom is -0.486 e.